The number of nitrogens with zero attached hydrogens (tertiary/aromatic N) is 3. The third-order valence-electron chi connectivity index (χ3n) is 4.97. The molecule has 0 bridgehead atoms. The van der Waals surface area contributed by atoms with Crippen LogP contribution in [-0.2, 0) is 0 Å². The average molecular weight is 461 g/mol. The van der Waals surface area contributed by atoms with Crippen LogP contribution >= 0.6 is 11.6 Å². The van der Waals surface area contributed by atoms with E-state index >= 15 is 0 Å². The lowest BCUT2D eigenvalue weighted by Gasteiger charge is -2.19. The number of carbonyl (C=O) groups excluding carboxylic acids is 1. The zero-order valence-electron chi connectivity index (χ0n) is 17.4. The van der Waals surface area contributed by atoms with Crippen LogP contribution < -0.4 is 10.7 Å². The molecule has 33 heavy (non-hydrogen) atoms. The number of aryl methyl sites for hydroxylation is 1. The summed E-state index contributed by atoms with van der Waals surface area (Å²) in [5.74, 6) is -0.429. The molecule has 3 aromatic carbocycles. The molecule has 0 saturated carbocycles. The van der Waals surface area contributed by atoms with Gasteiger partial charge in [-0.05, 0) is 37.3 Å². The molecule has 9 heteroatoms. The molecule has 0 fully saturated rings. The molecule has 1 N–H and O–H groups in total. The van der Waals surface area contributed by atoms with Crippen LogP contribution in [0.4, 0.5) is 11.5 Å². The number of aromatic nitrogens is 2. The van der Waals surface area contributed by atoms with Gasteiger partial charge in [-0.15, -0.1) is 0 Å². The number of non-ortho nitro benzene ring substituents is 1. The largest absolute Gasteiger partial charge is 0.306 e. The summed E-state index contributed by atoms with van der Waals surface area (Å²) in [7, 11) is 0. The van der Waals surface area contributed by atoms with Gasteiger partial charge in [0.2, 0.25) is 5.43 Å². The molecule has 0 aliphatic heterocycles. The van der Waals surface area contributed by atoms with Crippen LogP contribution in [0.15, 0.2) is 83.7 Å². The third kappa shape index (κ3) is 4.37. The van der Waals surface area contributed by atoms with E-state index in [0.29, 0.717) is 16.3 Å². The molecule has 1 heterocycles. The molecule has 0 aliphatic rings. The number of nitro benzene ring substituents is 1. The molecule has 1 aromatic heterocycles. The van der Waals surface area contributed by atoms with Gasteiger partial charge in [0, 0.05) is 28.3 Å². The first-order valence-corrected chi connectivity index (χ1v) is 10.2. The first kappa shape index (κ1) is 21.9. The Labute approximate surface area is 193 Å². The van der Waals surface area contributed by atoms with Crippen molar-refractivity contribution in [3.63, 3.8) is 0 Å². The van der Waals surface area contributed by atoms with Crippen molar-refractivity contribution in [1.82, 2.24) is 9.78 Å². The first-order valence-electron chi connectivity index (χ1n) is 9.87. The van der Waals surface area contributed by atoms with Crippen molar-refractivity contribution in [2.24, 2.45) is 0 Å². The number of nitro groups is 1. The minimum atomic E-state index is -0.562. The van der Waals surface area contributed by atoms with Crippen molar-refractivity contribution in [2.75, 3.05) is 5.32 Å². The van der Waals surface area contributed by atoms with Crippen LogP contribution in [0.1, 0.15) is 16.1 Å². The molecule has 0 aliphatic carbocycles. The minimum Gasteiger partial charge on any atom is -0.306 e. The van der Waals surface area contributed by atoms with E-state index in [1.165, 1.54) is 28.9 Å². The second-order valence-electron chi connectivity index (χ2n) is 7.12. The van der Waals surface area contributed by atoms with E-state index < -0.39 is 10.8 Å². The van der Waals surface area contributed by atoms with Gasteiger partial charge in [0.05, 0.1) is 16.2 Å². The van der Waals surface area contributed by atoms with Crippen molar-refractivity contribution in [1.29, 1.82) is 0 Å². The van der Waals surface area contributed by atoms with Crippen molar-refractivity contribution < 1.29 is 9.72 Å². The summed E-state index contributed by atoms with van der Waals surface area (Å²) < 4.78 is 1.47. The standard InChI is InChI=1S/C24H17ClN4O4/c1-15-22(30)21(19-9-5-6-10-20(19)25)23(28(27-15)17-7-3-2-4-8-17)26-24(31)16-11-13-18(14-12-16)29(32)33/h2-14H,1H3,(H,26,31). The summed E-state index contributed by atoms with van der Waals surface area (Å²) in [6.45, 7) is 1.59. The van der Waals surface area contributed by atoms with E-state index in [4.69, 9.17) is 11.6 Å². The maximum Gasteiger partial charge on any atom is 0.269 e. The fraction of sp³-hybridized carbons (Fsp3) is 0.0417. The van der Waals surface area contributed by atoms with Gasteiger partial charge in [-0.1, -0.05) is 48.0 Å². The number of rotatable bonds is 5. The summed E-state index contributed by atoms with van der Waals surface area (Å²) in [6, 6.07) is 21.0. The van der Waals surface area contributed by atoms with Gasteiger partial charge in [0.15, 0.2) is 0 Å². The smallest absolute Gasteiger partial charge is 0.269 e. The zero-order valence-corrected chi connectivity index (χ0v) is 18.1. The Morgan fingerprint density at radius 3 is 2.27 bits per heavy atom. The highest BCUT2D eigenvalue weighted by Crippen LogP contribution is 2.32. The Morgan fingerprint density at radius 2 is 1.64 bits per heavy atom. The van der Waals surface area contributed by atoms with Crippen LogP contribution in [0.3, 0.4) is 0 Å². The molecule has 0 unspecified atom stereocenters. The lowest BCUT2D eigenvalue weighted by molar-refractivity contribution is -0.384. The summed E-state index contributed by atoms with van der Waals surface area (Å²) in [4.78, 5) is 36.7. The molecule has 4 rings (SSSR count). The molecular formula is C24H17ClN4O4. The number of nitrogens with one attached hydrogen (secondary N) is 1. The second-order valence-corrected chi connectivity index (χ2v) is 7.53. The van der Waals surface area contributed by atoms with Gasteiger partial charge in [-0.25, -0.2) is 4.68 Å². The Hall–Kier alpha value is -4.30. The fourth-order valence-corrected chi connectivity index (χ4v) is 3.57. The van der Waals surface area contributed by atoms with E-state index in [1.54, 1.807) is 43.3 Å². The summed E-state index contributed by atoms with van der Waals surface area (Å²) >= 11 is 6.41. The van der Waals surface area contributed by atoms with Gasteiger partial charge in [0.25, 0.3) is 11.6 Å². The predicted octanol–water partition coefficient (Wildman–Crippen LogP) is 5.02. The number of hydrogen-bond donors (Lipinski definition) is 1. The molecule has 8 nitrogen and oxygen atoms in total. The maximum absolute atomic E-state index is 13.2. The average Bonchev–Trinajstić information content (AvgIpc) is 2.83. The summed E-state index contributed by atoms with van der Waals surface area (Å²) in [6.07, 6.45) is 0. The zero-order chi connectivity index (χ0) is 23.5. The number of benzene rings is 3. The third-order valence-corrected chi connectivity index (χ3v) is 5.30. The van der Waals surface area contributed by atoms with Crippen LogP contribution in [0.2, 0.25) is 5.02 Å². The van der Waals surface area contributed by atoms with Crippen LogP contribution in [0, 0.1) is 17.0 Å². The number of carbonyl (C=O) groups is 1. The quantitative estimate of drug-likeness (QED) is 0.332. The van der Waals surface area contributed by atoms with Gasteiger partial charge >= 0.3 is 0 Å². The first-order chi connectivity index (χ1) is 15.9. The summed E-state index contributed by atoms with van der Waals surface area (Å²) in [5.41, 5.74) is 1.13. The Kier molecular flexibility index (Phi) is 6.01. The van der Waals surface area contributed by atoms with Crippen molar-refractivity contribution in [2.45, 2.75) is 6.92 Å². The minimum absolute atomic E-state index is 0.133. The highest BCUT2D eigenvalue weighted by Gasteiger charge is 2.22. The van der Waals surface area contributed by atoms with Gasteiger partial charge < -0.3 is 5.32 Å². The van der Waals surface area contributed by atoms with Crippen LogP contribution in [0.25, 0.3) is 16.8 Å². The normalized spacial score (nSPS) is 10.6. The van der Waals surface area contributed by atoms with Crippen LogP contribution in [-0.4, -0.2) is 20.6 Å². The monoisotopic (exact) mass is 460 g/mol. The number of para-hydroxylation sites is 1. The van der Waals surface area contributed by atoms with Crippen molar-refractivity contribution >= 4 is 29.0 Å². The number of amides is 1. The van der Waals surface area contributed by atoms with E-state index in [0.717, 1.165) is 0 Å². The second kappa shape index (κ2) is 9.05. The topological polar surface area (TPSA) is 107 Å². The van der Waals surface area contributed by atoms with E-state index in [9.17, 15) is 19.7 Å². The molecule has 4 aromatic rings. The van der Waals surface area contributed by atoms with E-state index in [2.05, 4.69) is 10.4 Å². The molecule has 0 radical (unpaired) electrons. The van der Waals surface area contributed by atoms with Crippen molar-refractivity contribution in [3.05, 3.63) is 115 Å². The summed E-state index contributed by atoms with van der Waals surface area (Å²) in [5, 5.41) is 18.4. The Balaban J connectivity index is 1.92. The maximum atomic E-state index is 13.2. The number of anilines is 1. The Bertz CT molecular complexity index is 1420. The predicted molar refractivity (Wildman–Crippen MR) is 126 cm³/mol. The number of hydrogen-bond acceptors (Lipinski definition) is 5. The molecule has 0 spiro atoms. The van der Waals surface area contributed by atoms with E-state index in [1.807, 2.05) is 18.2 Å². The molecule has 0 saturated heterocycles. The van der Waals surface area contributed by atoms with Gasteiger partial charge in [-0.2, -0.15) is 5.10 Å². The molecule has 1 amide bonds. The van der Waals surface area contributed by atoms with Crippen LogP contribution in [0.5, 0.6) is 0 Å². The highest BCUT2D eigenvalue weighted by molar-refractivity contribution is 6.33. The van der Waals surface area contributed by atoms with Crippen molar-refractivity contribution in [3.8, 4) is 16.8 Å². The molecule has 164 valence electrons. The SMILES string of the molecule is Cc1nn(-c2ccccc2)c(NC(=O)c2ccc([N+](=O)[O-])cc2)c(-c2ccccc2Cl)c1=O. The molecular weight excluding hydrogens is 444 g/mol. The lowest BCUT2D eigenvalue weighted by atomic mass is 10.0. The van der Waals surface area contributed by atoms with Gasteiger partial charge in [0.1, 0.15) is 11.5 Å². The fourth-order valence-electron chi connectivity index (χ4n) is 3.34. The Morgan fingerprint density at radius 1 is 1.00 bits per heavy atom. The van der Waals surface area contributed by atoms with E-state index in [-0.39, 0.29) is 33.8 Å². The van der Waals surface area contributed by atoms with Gasteiger partial charge in [-0.3, -0.25) is 19.7 Å². The lowest BCUT2D eigenvalue weighted by Crippen LogP contribution is -2.25. The number of halogens is 1. The highest BCUT2D eigenvalue weighted by atomic mass is 35.5. The molecule has 0 atom stereocenters.